The lowest BCUT2D eigenvalue weighted by atomic mass is 10.2. The SMILES string of the molecule is COCCN(Cc1ccccc1)Cc1nc(-c2cccs2)no1. The third kappa shape index (κ3) is 4.48. The van der Waals surface area contributed by atoms with Crippen LogP contribution >= 0.6 is 11.3 Å². The van der Waals surface area contributed by atoms with Crippen LogP contribution in [0.15, 0.2) is 52.4 Å². The molecule has 0 fully saturated rings. The Morgan fingerprint density at radius 1 is 1.13 bits per heavy atom. The predicted molar refractivity (Wildman–Crippen MR) is 90.0 cm³/mol. The smallest absolute Gasteiger partial charge is 0.241 e. The first kappa shape index (κ1) is 15.9. The Bertz CT molecular complexity index is 698. The molecule has 1 aromatic carbocycles. The number of methoxy groups -OCH3 is 1. The molecule has 0 saturated carbocycles. The van der Waals surface area contributed by atoms with Gasteiger partial charge in [0.15, 0.2) is 0 Å². The standard InChI is InChI=1S/C17H19N3O2S/c1-21-10-9-20(12-14-6-3-2-4-7-14)13-16-18-17(19-22-16)15-8-5-11-23-15/h2-8,11H,9-10,12-13H2,1H3. The predicted octanol–water partition coefficient (Wildman–Crippen LogP) is 3.45. The summed E-state index contributed by atoms with van der Waals surface area (Å²) < 4.78 is 10.6. The average Bonchev–Trinajstić information content (AvgIpc) is 3.25. The van der Waals surface area contributed by atoms with Crippen LogP contribution in [0.2, 0.25) is 0 Å². The molecule has 0 amide bonds. The minimum Gasteiger partial charge on any atom is -0.383 e. The minimum atomic E-state index is 0.608. The molecular formula is C17H19N3O2S. The van der Waals surface area contributed by atoms with Crippen LogP contribution in [0, 0.1) is 0 Å². The zero-order chi connectivity index (χ0) is 15.9. The molecule has 0 aliphatic rings. The fourth-order valence-electron chi connectivity index (χ4n) is 2.29. The normalized spacial score (nSPS) is 11.2. The quantitative estimate of drug-likeness (QED) is 0.633. The van der Waals surface area contributed by atoms with Gasteiger partial charge in [-0.1, -0.05) is 41.6 Å². The maximum atomic E-state index is 5.40. The number of nitrogens with zero attached hydrogens (tertiary/aromatic N) is 3. The fraction of sp³-hybridized carbons (Fsp3) is 0.294. The number of aromatic nitrogens is 2. The van der Waals surface area contributed by atoms with Crippen molar-refractivity contribution in [2.24, 2.45) is 0 Å². The molecule has 0 aliphatic heterocycles. The van der Waals surface area contributed by atoms with Crippen molar-refractivity contribution in [1.82, 2.24) is 15.0 Å². The van der Waals surface area contributed by atoms with E-state index in [-0.39, 0.29) is 0 Å². The maximum Gasteiger partial charge on any atom is 0.241 e. The van der Waals surface area contributed by atoms with Crippen LogP contribution in [0.4, 0.5) is 0 Å². The average molecular weight is 329 g/mol. The molecule has 5 nitrogen and oxygen atoms in total. The number of thiophene rings is 1. The summed E-state index contributed by atoms with van der Waals surface area (Å²) in [6, 6.07) is 14.3. The van der Waals surface area contributed by atoms with E-state index in [2.05, 4.69) is 27.2 Å². The van der Waals surface area contributed by atoms with Crippen molar-refractivity contribution < 1.29 is 9.26 Å². The molecule has 23 heavy (non-hydrogen) atoms. The lowest BCUT2D eigenvalue weighted by Gasteiger charge is -2.20. The Morgan fingerprint density at radius 3 is 2.74 bits per heavy atom. The van der Waals surface area contributed by atoms with E-state index in [9.17, 15) is 0 Å². The highest BCUT2D eigenvalue weighted by Gasteiger charge is 2.14. The Labute approximate surface area is 139 Å². The number of rotatable bonds is 8. The maximum absolute atomic E-state index is 5.40. The first-order chi connectivity index (χ1) is 11.3. The van der Waals surface area contributed by atoms with Crippen LogP contribution in [-0.4, -0.2) is 35.3 Å². The number of benzene rings is 1. The van der Waals surface area contributed by atoms with E-state index >= 15 is 0 Å². The molecule has 0 atom stereocenters. The van der Waals surface area contributed by atoms with Gasteiger partial charge in [0, 0.05) is 20.2 Å². The number of ether oxygens (including phenoxy) is 1. The zero-order valence-corrected chi connectivity index (χ0v) is 13.8. The summed E-state index contributed by atoms with van der Waals surface area (Å²) in [6.45, 7) is 2.90. The minimum absolute atomic E-state index is 0.608. The van der Waals surface area contributed by atoms with Gasteiger partial charge in [-0.3, -0.25) is 4.90 Å². The van der Waals surface area contributed by atoms with E-state index in [1.165, 1.54) is 5.56 Å². The van der Waals surface area contributed by atoms with Crippen molar-refractivity contribution >= 4 is 11.3 Å². The van der Waals surface area contributed by atoms with Crippen molar-refractivity contribution in [3.63, 3.8) is 0 Å². The van der Waals surface area contributed by atoms with Gasteiger partial charge in [0.1, 0.15) is 0 Å². The molecule has 0 bridgehead atoms. The van der Waals surface area contributed by atoms with Crippen molar-refractivity contribution in [2.45, 2.75) is 13.1 Å². The van der Waals surface area contributed by atoms with E-state index in [0.29, 0.717) is 24.9 Å². The van der Waals surface area contributed by atoms with Gasteiger partial charge in [-0.05, 0) is 17.0 Å². The Morgan fingerprint density at radius 2 is 2.00 bits per heavy atom. The molecule has 0 N–H and O–H groups in total. The van der Waals surface area contributed by atoms with Gasteiger partial charge >= 0.3 is 0 Å². The van der Waals surface area contributed by atoms with Crippen LogP contribution < -0.4 is 0 Å². The number of hydrogen-bond acceptors (Lipinski definition) is 6. The largest absolute Gasteiger partial charge is 0.383 e. The van der Waals surface area contributed by atoms with Gasteiger partial charge in [0.05, 0.1) is 18.0 Å². The summed E-state index contributed by atoms with van der Waals surface area (Å²) in [7, 11) is 1.71. The summed E-state index contributed by atoms with van der Waals surface area (Å²) in [4.78, 5) is 7.75. The van der Waals surface area contributed by atoms with Crippen LogP contribution in [0.1, 0.15) is 11.5 Å². The summed E-state index contributed by atoms with van der Waals surface area (Å²) >= 11 is 1.61. The molecule has 0 radical (unpaired) electrons. The van der Waals surface area contributed by atoms with E-state index in [1.54, 1.807) is 18.4 Å². The molecule has 0 saturated heterocycles. The second kappa shape index (κ2) is 8.01. The third-order valence-corrected chi connectivity index (χ3v) is 4.29. The Kier molecular flexibility index (Phi) is 5.52. The molecule has 2 heterocycles. The first-order valence-electron chi connectivity index (χ1n) is 7.47. The first-order valence-corrected chi connectivity index (χ1v) is 8.35. The number of hydrogen-bond donors (Lipinski definition) is 0. The molecular weight excluding hydrogens is 310 g/mol. The van der Waals surface area contributed by atoms with Crippen LogP contribution in [-0.2, 0) is 17.8 Å². The molecule has 0 unspecified atom stereocenters. The monoisotopic (exact) mass is 329 g/mol. The summed E-state index contributed by atoms with van der Waals surface area (Å²) in [5.41, 5.74) is 1.25. The topological polar surface area (TPSA) is 51.4 Å². The van der Waals surface area contributed by atoms with Crippen LogP contribution in [0.5, 0.6) is 0 Å². The van der Waals surface area contributed by atoms with Crippen molar-refractivity contribution in [3.8, 4) is 10.7 Å². The van der Waals surface area contributed by atoms with Gasteiger partial charge in [0.2, 0.25) is 11.7 Å². The second-order valence-electron chi connectivity index (χ2n) is 5.18. The van der Waals surface area contributed by atoms with E-state index in [1.807, 2.05) is 35.7 Å². The lowest BCUT2D eigenvalue weighted by molar-refractivity contribution is 0.131. The van der Waals surface area contributed by atoms with Gasteiger partial charge in [-0.25, -0.2) is 0 Å². The van der Waals surface area contributed by atoms with E-state index in [4.69, 9.17) is 9.26 Å². The van der Waals surface area contributed by atoms with Gasteiger partial charge in [-0.2, -0.15) is 4.98 Å². The van der Waals surface area contributed by atoms with Crippen molar-refractivity contribution in [2.75, 3.05) is 20.3 Å². The zero-order valence-electron chi connectivity index (χ0n) is 13.0. The second-order valence-corrected chi connectivity index (χ2v) is 6.13. The fourth-order valence-corrected chi connectivity index (χ4v) is 2.94. The van der Waals surface area contributed by atoms with E-state index in [0.717, 1.165) is 18.0 Å². The summed E-state index contributed by atoms with van der Waals surface area (Å²) in [5.74, 6) is 1.28. The molecule has 3 aromatic rings. The lowest BCUT2D eigenvalue weighted by Crippen LogP contribution is -2.26. The highest BCUT2D eigenvalue weighted by molar-refractivity contribution is 7.13. The van der Waals surface area contributed by atoms with Gasteiger partial charge < -0.3 is 9.26 Å². The van der Waals surface area contributed by atoms with Gasteiger partial charge in [0.25, 0.3) is 0 Å². The van der Waals surface area contributed by atoms with Crippen molar-refractivity contribution in [3.05, 3.63) is 59.3 Å². The van der Waals surface area contributed by atoms with Crippen LogP contribution in [0.25, 0.3) is 10.7 Å². The Balaban J connectivity index is 1.68. The van der Waals surface area contributed by atoms with Crippen LogP contribution in [0.3, 0.4) is 0 Å². The molecule has 3 rings (SSSR count). The molecule has 0 aliphatic carbocycles. The summed E-state index contributed by atoms with van der Waals surface area (Å²) in [6.07, 6.45) is 0. The molecule has 6 heteroatoms. The summed E-state index contributed by atoms with van der Waals surface area (Å²) in [5, 5.41) is 6.07. The molecule has 120 valence electrons. The van der Waals surface area contributed by atoms with Gasteiger partial charge in [-0.15, -0.1) is 11.3 Å². The Hall–Kier alpha value is -2.02. The highest BCUT2D eigenvalue weighted by atomic mass is 32.1. The third-order valence-electron chi connectivity index (χ3n) is 3.43. The van der Waals surface area contributed by atoms with E-state index < -0.39 is 0 Å². The van der Waals surface area contributed by atoms with Crippen molar-refractivity contribution in [1.29, 1.82) is 0 Å². The molecule has 0 spiro atoms. The highest BCUT2D eigenvalue weighted by Crippen LogP contribution is 2.21. The molecule has 2 aromatic heterocycles.